The summed E-state index contributed by atoms with van der Waals surface area (Å²) in [4.78, 5) is 25.7. The molecule has 5 nitrogen and oxygen atoms in total. The van der Waals surface area contributed by atoms with Gasteiger partial charge in [-0.1, -0.05) is 24.6 Å². The van der Waals surface area contributed by atoms with E-state index in [9.17, 15) is 9.59 Å². The predicted molar refractivity (Wildman–Crippen MR) is 76.7 cm³/mol. The van der Waals surface area contributed by atoms with Crippen LogP contribution in [0.4, 0.5) is 5.69 Å². The molecular formula is C14H17ClN2O3. The van der Waals surface area contributed by atoms with Crippen molar-refractivity contribution < 1.29 is 14.3 Å². The zero-order valence-corrected chi connectivity index (χ0v) is 12.0. The first-order valence-electron chi connectivity index (χ1n) is 6.56. The number of cyclic esters (lactones) is 1. The average molecular weight is 297 g/mol. The molecule has 0 radical (unpaired) electrons. The highest BCUT2D eigenvalue weighted by Gasteiger charge is 2.32. The Bertz CT molecular complexity index is 507. The molecule has 108 valence electrons. The van der Waals surface area contributed by atoms with E-state index in [2.05, 4.69) is 5.32 Å². The monoisotopic (exact) mass is 296 g/mol. The van der Waals surface area contributed by atoms with Crippen LogP contribution in [0, 0.1) is 0 Å². The Kier molecular flexibility index (Phi) is 4.98. The number of hydrogen-bond donors (Lipinski definition) is 1. The Balaban J connectivity index is 1.97. The van der Waals surface area contributed by atoms with Gasteiger partial charge in [0.05, 0.1) is 6.42 Å². The van der Waals surface area contributed by atoms with Crippen LogP contribution >= 0.6 is 11.6 Å². The van der Waals surface area contributed by atoms with Gasteiger partial charge in [-0.15, -0.1) is 0 Å². The van der Waals surface area contributed by atoms with Crippen LogP contribution in [0.25, 0.3) is 0 Å². The quantitative estimate of drug-likeness (QED) is 0.863. The summed E-state index contributed by atoms with van der Waals surface area (Å²) in [6.07, 6.45) is 0.0825. The van der Waals surface area contributed by atoms with Crippen molar-refractivity contribution >= 4 is 29.2 Å². The third kappa shape index (κ3) is 3.71. The van der Waals surface area contributed by atoms with Crippen molar-refractivity contribution in [3.05, 3.63) is 29.3 Å². The molecule has 1 fully saturated rings. The molecule has 2 rings (SSSR count). The molecular weight excluding hydrogens is 280 g/mol. The van der Waals surface area contributed by atoms with Crippen LogP contribution in [0.1, 0.15) is 13.3 Å². The molecule has 20 heavy (non-hydrogen) atoms. The topological polar surface area (TPSA) is 58.6 Å². The predicted octanol–water partition coefficient (Wildman–Crippen LogP) is 1.92. The summed E-state index contributed by atoms with van der Waals surface area (Å²) in [5.74, 6) is -0.561. The molecule has 1 heterocycles. The van der Waals surface area contributed by atoms with Crippen molar-refractivity contribution in [2.24, 2.45) is 0 Å². The van der Waals surface area contributed by atoms with E-state index in [1.54, 1.807) is 24.3 Å². The number of esters is 1. The molecule has 1 aromatic carbocycles. The molecule has 1 aliphatic heterocycles. The van der Waals surface area contributed by atoms with Crippen molar-refractivity contribution in [2.45, 2.75) is 19.4 Å². The maximum atomic E-state index is 12.0. The maximum Gasteiger partial charge on any atom is 0.323 e. The Labute approximate surface area is 122 Å². The zero-order valence-electron chi connectivity index (χ0n) is 11.3. The molecule has 1 aromatic rings. The van der Waals surface area contributed by atoms with Gasteiger partial charge in [-0.05, 0) is 24.7 Å². The van der Waals surface area contributed by atoms with Crippen molar-refractivity contribution in [3.8, 4) is 0 Å². The van der Waals surface area contributed by atoms with Crippen molar-refractivity contribution in [1.82, 2.24) is 4.90 Å². The molecule has 0 saturated carbocycles. The normalized spacial score (nSPS) is 19.5. The van der Waals surface area contributed by atoms with Crippen molar-refractivity contribution in [3.63, 3.8) is 0 Å². The number of ether oxygens (including phenoxy) is 1. The molecule has 1 atom stereocenters. The number of benzene rings is 1. The summed E-state index contributed by atoms with van der Waals surface area (Å²) in [5, 5.41) is 3.29. The number of morpholine rings is 1. The summed E-state index contributed by atoms with van der Waals surface area (Å²) in [5.41, 5.74) is 0.620. The van der Waals surface area contributed by atoms with E-state index in [0.29, 0.717) is 30.4 Å². The lowest BCUT2D eigenvalue weighted by Crippen LogP contribution is -2.50. The van der Waals surface area contributed by atoms with Gasteiger partial charge in [0.1, 0.15) is 12.6 Å². The molecule has 0 aromatic heterocycles. The van der Waals surface area contributed by atoms with E-state index in [1.165, 1.54) is 0 Å². The fraction of sp³-hybridized carbons (Fsp3) is 0.429. The van der Waals surface area contributed by atoms with Gasteiger partial charge in [0.25, 0.3) is 0 Å². The van der Waals surface area contributed by atoms with Crippen LogP contribution in [0.15, 0.2) is 24.3 Å². The van der Waals surface area contributed by atoms with Crippen LogP contribution in [0.3, 0.4) is 0 Å². The first-order chi connectivity index (χ1) is 9.60. The second-order valence-corrected chi connectivity index (χ2v) is 5.01. The smallest absolute Gasteiger partial charge is 0.323 e. The summed E-state index contributed by atoms with van der Waals surface area (Å²) in [6.45, 7) is 3.72. The molecule has 0 bridgehead atoms. The van der Waals surface area contributed by atoms with Gasteiger partial charge in [0.15, 0.2) is 0 Å². The molecule has 0 unspecified atom stereocenters. The summed E-state index contributed by atoms with van der Waals surface area (Å²) in [6, 6.07) is 6.39. The lowest BCUT2D eigenvalue weighted by atomic mass is 10.1. The number of nitrogens with one attached hydrogen (secondary N) is 1. The average Bonchev–Trinajstić information content (AvgIpc) is 2.41. The Hall–Kier alpha value is -1.59. The second kappa shape index (κ2) is 6.72. The van der Waals surface area contributed by atoms with Gasteiger partial charge in [-0.2, -0.15) is 0 Å². The van der Waals surface area contributed by atoms with Crippen LogP contribution in [-0.2, 0) is 14.3 Å². The van der Waals surface area contributed by atoms with E-state index >= 15 is 0 Å². The summed E-state index contributed by atoms with van der Waals surface area (Å²) >= 11 is 5.86. The lowest BCUT2D eigenvalue weighted by Gasteiger charge is -2.32. The molecule has 0 aliphatic carbocycles. The number of rotatable bonds is 4. The Morgan fingerprint density at radius 3 is 3.05 bits per heavy atom. The molecule has 1 N–H and O–H groups in total. The number of carbonyl (C=O) groups is 2. The van der Waals surface area contributed by atoms with Gasteiger partial charge in [-0.25, -0.2) is 0 Å². The van der Waals surface area contributed by atoms with Crippen LogP contribution in [-0.4, -0.2) is 42.5 Å². The molecule has 1 saturated heterocycles. The number of anilines is 1. The first-order valence-corrected chi connectivity index (χ1v) is 6.94. The first kappa shape index (κ1) is 14.8. The number of nitrogens with zero attached hydrogens (tertiary/aromatic N) is 1. The summed E-state index contributed by atoms with van der Waals surface area (Å²) in [7, 11) is 0. The highest BCUT2D eigenvalue weighted by molar-refractivity contribution is 6.30. The van der Waals surface area contributed by atoms with Gasteiger partial charge >= 0.3 is 5.97 Å². The highest BCUT2D eigenvalue weighted by Crippen LogP contribution is 2.17. The fourth-order valence-electron chi connectivity index (χ4n) is 2.21. The van der Waals surface area contributed by atoms with Gasteiger partial charge < -0.3 is 10.1 Å². The SMILES string of the molecule is CCN1CCOC(=O)[C@@H]1CC(=O)Nc1cccc(Cl)c1. The number of likely N-dealkylation sites (N-methyl/N-ethyl adjacent to an activating group) is 1. The minimum Gasteiger partial charge on any atom is -0.463 e. The van der Waals surface area contributed by atoms with E-state index in [0.717, 1.165) is 0 Å². The largest absolute Gasteiger partial charge is 0.463 e. The van der Waals surface area contributed by atoms with Crippen molar-refractivity contribution in [2.75, 3.05) is 25.0 Å². The third-order valence-electron chi connectivity index (χ3n) is 3.23. The van der Waals surface area contributed by atoms with Gasteiger partial charge in [0.2, 0.25) is 5.91 Å². The standard InChI is InChI=1S/C14H17ClN2O3/c1-2-17-6-7-20-14(19)12(17)9-13(18)16-11-5-3-4-10(15)8-11/h3-5,8,12H,2,6-7,9H2,1H3,(H,16,18)/t12-/m0/s1. The highest BCUT2D eigenvalue weighted by atomic mass is 35.5. The van der Waals surface area contributed by atoms with E-state index in [-0.39, 0.29) is 18.3 Å². The minimum atomic E-state index is -0.507. The number of carbonyl (C=O) groups excluding carboxylic acids is 2. The second-order valence-electron chi connectivity index (χ2n) is 4.57. The van der Waals surface area contributed by atoms with E-state index in [1.807, 2.05) is 11.8 Å². The van der Waals surface area contributed by atoms with Crippen molar-refractivity contribution in [1.29, 1.82) is 0 Å². The van der Waals surface area contributed by atoms with Crippen LogP contribution < -0.4 is 5.32 Å². The minimum absolute atomic E-state index is 0.0825. The molecule has 1 amide bonds. The lowest BCUT2D eigenvalue weighted by molar-refractivity contribution is -0.158. The number of hydrogen-bond acceptors (Lipinski definition) is 4. The van der Waals surface area contributed by atoms with E-state index in [4.69, 9.17) is 16.3 Å². The Morgan fingerprint density at radius 2 is 2.35 bits per heavy atom. The summed E-state index contributed by atoms with van der Waals surface area (Å²) < 4.78 is 5.01. The Morgan fingerprint density at radius 1 is 1.55 bits per heavy atom. The maximum absolute atomic E-state index is 12.0. The van der Waals surface area contributed by atoms with E-state index < -0.39 is 6.04 Å². The third-order valence-corrected chi connectivity index (χ3v) is 3.46. The zero-order chi connectivity index (χ0) is 14.5. The van der Waals surface area contributed by atoms with Gasteiger partial charge in [-0.3, -0.25) is 14.5 Å². The molecule has 0 spiro atoms. The van der Waals surface area contributed by atoms with Crippen LogP contribution in [0.2, 0.25) is 5.02 Å². The number of halogens is 1. The number of amides is 1. The molecule has 6 heteroatoms. The molecule has 1 aliphatic rings. The van der Waals surface area contributed by atoms with Crippen LogP contribution in [0.5, 0.6) is 0 Å². The van der Waals surface area contributed by atoms with Gasteiger partial charge in [0, 0.05) is 17.3 Å². The fourth-order valence-corrected chi connectivity index (χ4v) is 2.40.